The van der Waals surface area contributed by atoms with E-state index in [1.165, 1.54) is 0 Å². The molecule has 6 nitrogen and oxygen atoms in total. The van der Waals surface area contributed by atoms with Crippen LogP contribution < -0.4 is 5.32 Å². The van der Waals surface area contributed by atoms with Crippen molar-refractivity contribution in [2.45, 2.75) is 38.5 Å². The summed E-state index contributed by atoms with van der Waals surface area (Å²) in [7, 11) is 0. The highest BCUT2D eigenvalue weighted by Gasteiger charge is 2.66. The van der Waals surface area contributed by atoms with E-state index >= 15 is 0 Å². The van der Waals surface area contributed by atoms with Crippen molar-refractivity contribution in [3.63, 3.8) is 0 Å². The molecule has 1 aromatic rings. The van der Waals surface area contributed by atoms with E-state index in [0.717, 1.165) is 12.0 Å². The topological polar surface area (TPSA) is 71.5 Å². The summed E-state index contributed by atoms with van der Waals surface area (Å²) < 4.78 is 6.13. The molecule has 4 atom stereocenters. The van der Waals surface area contributed by atoms with Crippen LogP contribution in [0.15, 0.2) is 36.7 Å². The van der Waals surface area contributed by atoms with Gasteiger partial charge in [0.05, 0.1) is 24.5 Å². The van der Waals surface area contributed by atoms with Crippen LogP contribution in [-0.4, -0.2) is 46.5 Å². The fraction of sp³-hybridized carbons (Fsp3) is 0.550. The number of ether oxygens (including phenoxy) is 1. The van der Waals surface area contributed by atoms with Crippen molar-refractivity contribution in [1.82, 2.24) is 15.2 Å². The maximum Gasteiger partial charge on any atom is 0.230 e. The maximum absolute atomic E-state index is 13.1. The van der Waals surface area contributed by atoms with Gasteiger partial charge >= 0.3 is 0 Å². The molecule has 1 spiro atoms. The summed E-state index contributed by atoms with van der Waals surface area (Å²) in [5, 5.41) is 3.00. The molecule has 4 unspecified atom stereocenters. The molecule has 0 aliphatic carbocycles. The molecule has 4 rings (SSSR count). The van der Waals surface area contributed by atoms with Crippen molar-refractivity contribution >= 4 is 11.8 Å². The summed E-state index contributed by atoms with van der Waals surface area (Å²) in [6.45, 7) is 5.88. The summed E-state index contributed by atoms with van der Waals surface area (Å²) in [6, 6.07) is 3.82. The number of likely N-dealkylation sites (tertiary alicyclic amines) is 1. The molecule has 26 heavy (non-hydrogen) atoms. The lowest BCUT2D eigenvalue weighted by Crippen LogP contribution is -2.44. The second kappa shape index (κ2) is 6.50. The number of carbonyl (C=O) groups excluding carboxylic acids is 2. The molecular weight excluding hydrogens is 330 g/mol. The quantitative estimate of drug-likeness (QED) is 0.786. The molecule has 2 fully saturated rings. The molecule has 2 saturated heterocycles. The molecule has 2 bridgehead atoms. The second-order valence-electron chi connectivity index (χ2n) is 7.93. The van der Waals surface area contributed by atoms with E-state index in [2.05, 4.69) is 24.1 Å². The number of pyridine rings is 1. The summed E-state index contributed by atoms with van der Waals surface area (Å²) in [5.74, 6) is -0.388. The lowest BCUT2D eigenvalue weighted by molar-refractivity contribution is -0.137. The minimum Gasteiger partial charge on any atom is -0.360 e. The van der Waals surface area contributed by atoms with E-state index in [0.29, 0.717) is 25.6 Å². The molecule has 6 heteroatoms. The van der Waals surface area contributed by atoms with Gasteiger partial charge in [-0.05, 0) is 24.0 Å². The third-order valence-corrected chi connectivity index (χ3v) is 5.60. The molecular formula is C20H25N3O3. The van der Waals surface area contributed by atoms with Gasteiger partial charge in [-0.3, -0.25) is 14.6 Å². The van der Waals surface area contributed by atoms with E-state index in [-0.39, 0.29) is 17.9 Å². The number of fused-ring (bicyclic) bond motifs is 1. The van der Waals surface area contributed by atoms with Crippen LogP contribution in [0.2, 0.25) is 0 Å². The second-order valence-corrected chi connectivity index (χ2v) is 7.93. The third-order valence-electron chi connectivity index (χ3n) is 5.60. The third kappa shape index (κ3) is 2.82. The van der Waals surface area contributed by atoms with Crippen molar-refractivity contribution in [1.29, 1.82) is 0 Å². The molecule has 0 radical (unpaired) electrons. The van der Waals surface area contributed by atoms with Crippen molar-refractivity contribution < 1.29 is 14.3 Å². The SMILES string of the molecule is CC(C)CCNC(=O)C1C2C=CC3(CN(Cc4cccnc4)C(=O)C13)O2. The van der Waals surface area contributed by atoms with Crippen LogP contribution in [-0.2, 0) is 20.9 Å². The zero-order chi connectivity index (χ0) is 18.3. The van der Waals surface area contributed by atoms with Gasteiger partial charge < -0.3 is 15.0 Å². The molecule has 1 N–H and O–H groups in total. The van der Waals surface area contributed by atoms with E-state index < -0.39 is 17.4 Å². The standard InChI is InChI=1S/C20H25N3O3/c1-13(2)6-9-22-18(24)16-15-5-7-20(26-15)12-23(19(25)17(16)20)11-14-4-3-8-21-10-14/h3-5,7-8,10,13,15-17H,6,9,11-12H2,1-2H3,(H,22,24). The molecule has 0 saturated carbocycles. The van der Waals surface area contributed by atoms with Gasteiger partial charge in [0.25, 0.3) is 0 Å². The molecule has 1 aromatic heterocycles. The number of aromatic nitrogens is 1. The summed E-state index contributed by atoms with van der Waals surface area (Å²) in [4.78, 5) is 31.8. The Morgan fingerprint density at radius 2 is 2.35 bits per heavy atom. The number of nitrogens with zero attached hydrogens (tertiary/aromatic N) is 2. The Kier molecular flexibility index (Phi) is 4.31. The summed E-state index contributed by atoms with van der Waals surface area (Å²) in [5.41, 5.74) is 0.331. The Labute approximate surface area is 153 Å². The predicted molar refractivity (Wildman–Crippen MR) is 95.8 cm³/mol. The van der Waals surface area contributed by atoms with Gasteiger partial charge in [-0.25, -0.2) is 0 Å². The Balaban J connectivity index is 1.49. The largest absolute Gasteiger partial charge is 0.360 e. The monoisotopic (exact) mass is 355 g/mol. The fourth-order valence-corrected chi connectivity index (χ4v) is 4.33. The van der Waals surface area contributed by atoms with Crippen LogP contribution in [0.3, 0.4) is 0 Å². The molecule has 3 aliphatic heterocycles. The fourth-order valence-electron chi connectivity index (χ4n) is 4.33. The average Bonchev–Trinajstić information content (AvgIpc) is 3.24. The Morgan fingerprint density at radius 1 is 1.50 bits per heavy atom. The van der Waals surface area contributed by atoms with E-state index in [1.807, 2.05) is 24.3 Å². The molecule has 0 aromatic carbocycles. The number of rotatable bonds is 6. The highest BCUT2D eigenvalue weighted by atomic mass is 16.5. The van der Waals surface area contributed by atoms with Crippen LogP contribution in [0.1, 0.15) is 25.8 Å². The lowest BCUT2D eigenvalue weighted by Gasteiger charge is -2.23. The molecule has 4 heterocycles. The van der Waals surface area contributed by atoms with Gasteiger partial charge in [0.15, 0.2) is 0 Å². The lowest BCUT2D eigenvalue weighted by atomic mass is 9.77. The first-order chi connectivity index (χ1) is 12.5. The first-order valence-corrected chi connectivity index (χ1v) is 9.33. The summed E-state index contributed by atoms with van der Waals surface area (Å²) >= 11 is 0. The van der Waals surface area contributed by atoms with Crippen molar-refractivity contribution in [2.75, 3.05) is 13.1 Å². The highest BCUT2D eigenvalue weighted by Crippen LogP contribution is 2.52. The highest BCUT2D eigenvalue weighted by molar-refractivity contribution is 5.93. The number of nitrogens with one attached hydrogen (secondary N) is 1. The van der Waals surface area contributed by atoms with Crippen LogP contribution in [0.25, 0.3) is 0 Å². The number of carbonyl (C=O) groups is 2. The number of amides is 2. The zero-order valence-electron chi connectivity index (χ0n) is 15.2. The van der Waals surface area contributed by atoms with Gasteiger partial charge in [0.2, 0.25) is 11.8 Å². The van der Waals surface area contributed by atoms with Crippen LogP contribution in [0.5, 0.6) is 0 Å². The van der Waals surface area contributed by atoms with E-state index in [9.17, 15) is 9.59 Å². The molecule has 138 valence electrons. The van der Waals surface area contributed by atoms with Crippen LogP contribution in [0.4, 0.5) is 0 Å². The first-order valence-electron chi connectivity index (χ1n) is 9.33. The first kappa shape index (κ1) is 17.2. The van der Waals surface area contributed by atoms with Gasteiger partial charge in [0.1, 0.15) is 5.60 Å². The van der Waals surface area contributed by atoms with E-state index in [1.54, 1.807) is 17.3 Å². The Morgan fingerprint density at radius 3 is 3.08 bits per heavy atom. The smallest absolute Gasteiger partial charge is 0.230 e. The van der Waals surface area contributed by atoms with Crippen LogP contribution >= 0.6 is 0 Å². The van der Waals surface area contributed by atoms with Gasteiger partial charge in [-0.1, -0.05) is 32.1 Å². The summed E-state index contributed by atoms with van der Waals surface area (Å²) in [6.07, 6.45) is 8.06. The van der Waals surface area contributed by atoms with Crippen molar-refractivity contribution in [3.05, 3.63) is 42.2 Å². The predicted octanol–water partition coefficient (Wildman–Crippen LogP) is 1.53. The molecule has 3 aliphatic rings. The Hall–Kier alpha value is -2.21. The Bertz CT molecular complexity index is 733. The maximum atomic E-state index is 13.1. The van der Waals surface area contributed by atoms with Crippen LogP contribution in [0, 0.1) is 17.8 Å². The van der Waals surface area contributed by atoms with Gasteiger partial charge in [0, 0.05) is 25.5 Å². The number of hydrogen-bond donors (Lipinski definition) is 1. The average molecular weight is 355 g/mol. The van der Waals surface area contributed by atoms with E-state index in [4.69, 9.17) is 4.74 Å². The number of hydrogen-bond acceptors (Lipinski definition) is 4. The zero-order valence-corrected chi connectivity index (χ0v) is 15.2. The normalized spacial score (nSPS) is 31.7. The molecule has 2 amide bonds. The van der Waals surface area contributed by atoms with Crippen molar-refractivity contribution in [2.24, 2.45) is 17.8 Å². The van der Waals surface area contributed by atoms with Crippen molar-refractivity contribution in [3.8, 4) is 0 Å². The minimum atomic E-state index is -0.649. The van der Waals surface area contributed by atoms with Gasteiger partial charge in [-0.2, -0.15) is 0 Å². The minimum absolute atomic E-state index is 0.00436. The van der Waals surface area contributed by atoms with Gasteiger partial charge in [-0.15, -0.1) is 0 Å².